The maximum atomic E-state index is 11.9. The number of esters is 1. The number of benzene rings is 3. The van der Waals surface area contributed by atoms with E-state index in [9.17, 15) is 4.79 Å². The van der Waals surface area contributed by atoms with Gasteiger partial charge < -0.3 is 18.9 Å². The fourth-order valence-corrected chi connectivity index (χ4v) is 3.05. The average Bonchev–Trinajstić information content (AvgIpc) is 2.85. The third kappa shape index (κ3) is 8.03. The number of rotatable bonds is 10. The van der Waals surface area contributed by atoms with Gasteiger partial charge in [0, 0.05) is 25.5 Å². The second kappa shape index (κ2) is 12.9. The summed E-state index contributed by atoms with van der Waals surface area (Å²) in [6.07, 6.45) is 0.475. The number of ether oxygens (including phenoxy) is 4. The van der Waals surface area contributed by atoms with Gasteiger partial charge in [-0.15, -0.1) is 0 Å². The highest BCUT2D eigenvalue weighted by atomic mass is 16.6. The normalized spacial score (nSPS) is 11.1. The van der Waals surface area contributed by atoms with E-state index in [4.69, 9.17) is 18.9 Å². The van der Waals surface area contributed by atoms with E-state index in [-0.39, 0.29) is 5.97 Å². The Morgan fingerprint density at radius 1 is 0.879 bits per heavy atom. The lowest BCUT2D eigenvalue weighted by atomic mass is 10.1. The highest BCUT2D eigenvalue weighted by Crippen LogP contribution is 2.23. The number of hydrogen-bond acceptors (Lipinski definition) is 5. The number of hydrogen-bond donors (Lipinski definition) is 0. The SMILES string of the molecule is CCOC(=O)[C@H](Cc1ccc(C#CCCOc2ccc(Oc3ccccc3)cc2)cc1)OC. The smallest absolute Gasteiger partial charge is 0.335 e. The Bertz CT molecular complexity index is 1050. The summed E-state index contributed by atoms with van der Waals surface area (Å²) < 4.78 is 21.8. The van der Waals surface area contributed by atoms with Gasteiger partial charge in [-0.1, -0.05) is 42.2 Å². The van der Waals surface area contributed by atoms with Crippen LogP contribution in [0, 0.1) is 11.8 Å². The van der Waals surface area contributed by atoms with Crippen LogP contribution >= 0.6 is 0 Å². The van der Waals surface area contributed by atoms with Crippen molar-refractivity contribution >= 4 is 5.97 Å². The van der Waals surface area contributed by atoms with Crippen molar-refractivity contribution in [2.24, 2.45) is 0 Å². The maximum absolute atomic E-state index is 11.9. The third-order valence-corrected chi connectivity index (χ3v) is 4.74. The molecular weight excluding hydrogens is 416 g/mol. The Morgan fingerprint density at radius 3 is 2.21 bits per heavy atom. The van der Waals surface area contributed by atoms with Crippen LogP contribution in [0.15, 0.2) is 78.9 Å². The molecule has 0 spiro atoms. The minimum absolute atomic E-state index is 0.338. The van der Waals surface area contributed by atoms with E-state index in [1.165, 1.54) is 7.11 Å². The molecule has 0 aromatic heterocycles. The van der Waals surface area contributed by atoms with Crippen LogP contribution in [-0.2, 0) is 20.7 Å². The van der Waals surface area contributed by atoms with Crippen molar-refractivity contribution in [1.29, 1.82) is 0 Å². The van der Waals surface area contributed by atoms with Crippen LogP contribution in [0.4, 0.5) is 0 Å². The summed E-state index contributed by atoms with van der Waals surface area (Å²) in [6, 6.07) is 24.9. The van der Waals surface area contributed by atoms with Crippen LogP contribution < -0.4 is 9.47 Å². The molecule has 0 saturated carbocycles. The predicted octanol–water partition coefficient (Wildman–Crippen LogP) is 5.42. The fourth-order valence-electron chi connectivity index (χ4n) is 3.05. The summed E-state index contributed by atoms with van der Waals surface area (Å²) in [5, 5.41) is 0. The summed E-state index contributed by atoms with van der Waals surface area (Å²) in [6.45, 7) is 2.62. The molecule has 0 aliphatic heterocycles. The minimum atomic E-state index is -0.599. The molecular formula is C28H28O5. The molecule has 0 N–H and O–H groups in total. The minimum Gasteiger partial charge on any atom is -0.493 e. The van der Waals surface area contributed by atoms with Gasteiger partial charge >= 0.3 is 5.97 Å². The first kappa shape index (κ1) is 23.9. The number of para-hydroxylation sites is 1. The van der Waals surface area contributed by atoms with Crippen molar-refractivity contribution in [3.05, 3.63) is 90.0 Å². The Kier molecular flexibility index (Phi) is 9.38. The van der Waals surface area contributed by atoms with Gasteiger partial charge in [-0.2, -0.15) is 0 Å². The van der Waals surface area contributed by atoms with Crippen molar-refractivity contribution in [2.45, 2.75) is 25.9 Å². The monoisotopic (exact) mass is 444 g/mol. The van der Waals surface area contributed by atoms with E-state index >= 15 is 0 Å². The first-order chi connectivity index (χ1) is 16.2. The predicted molar refractivity (Wildman–Crippen MR) is 128 cm³/mol. The summed E-state index contributed by atoms with van der Waals surface area (Å²) >= 11 is 0. The first-order valence-corrected chi connectivity index (χ1v) is 10.9. The van der Waals surface area contributed by atoms with E-state index in [2.05, 4.69) is 11.8 Å². The molecule has 0 bridgehead atoms. The Hall–Kier alpha value is -3.75. The number of methoxy groups -OCH3 is 1. The molecule has 33 heavy (non-hydrogen) atoms. The summed E-state index contributed by atoms with van der Waals surface area (Å²) in [4.78, 5) is 11.9. The van der Waals surface area contributed by atoms with Crippen molar-refractivity contribution in [3.63, 3.8) is 0 Å². The molecule has 170 valence electrons. The van der Waals surface area contributed by atoms with Gasteiger partial charge in [-0.05, 0) is 61.0 Å². The fraction of sp³-hybridized carbons (Fsp3) is 0.250. The Labute approximate surface area is 195 Å². The maximum Gasteiger partial charge on any atom is 0.335 e. The largest absolute Gasteiger partial charge is 0.493 e. The molecule has 5 nitrogen and oxygen atoms in total. The number of carbonyl (C=O) groups excluding carboxylic acids is 1. The topological polar surface area (TPSA) is 54.0 Å². The lowest BCUT2D eigenvalue weighted by Gasteiger charge is -2.13. The van der Waals surface area contributed by atoms with Crippen molar-refractivity contribution in [2.75, 3.05) is 20.3 Å². The van der Waals surface area contributed by atoms with E-state index in [0.717, 1.165) is 28.4 Å². The summed E-state index contributed by atoms with van der Waals surface area (Å²) in [5.74, 6) is 8.24. The van der Waals surface area contributed by atoms with Crippen LogP contribution in [0.1, 0.15) is 24.5 Å². The second-order valence-corrected chi connectivity index (χ2v) is 7.16. The van der Waals surface area contributed by atoms with E-state index in [1.807, 2.05) is 78.9 Å². The summed E-state index contributed by atoms with van der Waals surface area (Å²) in [5.41, 5.74) is 1.90. The zero-order valence-electron chi connectivity index (χ0n) is 19.0. The molecule has 0 saturated heterocycles. The van der Waals surface area contributed by atoms with Crippen LogP contribution in [0.2, 0.25) is 0 Å². The van der Waals surface area contributed by atoms with Crippen molar-refractivity contribution < 1.29 is 23.7 Å². The van der Waals surface area contributed by atoms with Gasteiger partial charge in [-0.3, -0.25) is 0 Å². The van der Waals surface area contributed by atoms with Crippen LogP contribution in [0.25, 0.3) is 0 Å². The molecule has 0 aliphatic carbocycles. The molecule has 0 fully saturated rings. The van der Waals surface area contributed by atoms with Gasteiger partial charge in [0.25, 0.3) is 0 Å². The zero-order chi connectivity index (χ0) is 23.3. The molecule has 3 aromatic rings. The highest BCUT2D eigenvalue weighted by Gasteiger charge is 2.19. The standard InChI is InChI=1S/C28H28O5/c1-3-31-28(29)27(30-2)21-23-14-12-22(13-15-23)9-7-8-20-32-24-16-18-26(19-17-24)33-25-10-5-4-6-11-25/h4-6,10-19,27H,3,8,20-21H2,1-2H3/t27-/m0/s1. The van der Waals surface area contributed by atoms with Crippen LogP contribution in [0.3, 0.4) is 0 Å². The van der Waals surface area contributed by atoms with Gasteiger partial charge in [0.15, 0.2) is 6.10 Å². The quantitative estimate of drug-likeness (QED) is 0.237. The molecule has 5 heteroatoms. The summed E-state index contributed by atoms with van der Waals surface area (Å²) in [7, 11) is 1.51. The molecule has 0 amide bonds. The van der Waals surface area contributed by atoms with Gasteiger partial charge in [0.05, 0.1) is 13.2 Å². The first-order valence-electron chi connectivity index (χ1n) is 10.9. The number of carbonyl (C=O) groups is 1. The average molecular weight is 445 g/mol. The Morgan fingerprint density at radius 2 is 1.55 bits per heavy atom. The van der Waals surface area contributed by atoms with Crippen LogP contribution in [0.5, 0.6) is 17.2 Å². The molecule has 3 rings (SSSR count). The second-order valence-electron chi connectivity index (χ2n) is 7.16. The van der Waals surface area contributed by atoms with Crippen molar-refractivity contribution in [3.8, 4) is 29.1 Å². The lowest BCUT2D eigenvalue weighted by molar-refractivity contribution is -0.154. The van der Waals surface area contributed by atoms with Crippen LogP contribution in [-0.4, -0.2) is 32.4 Å². The highest BCUT2D eigenvalue weighted by molar-refractivity contribution is 5.75. The third-order valence-electron chi connectivity index (χ3n) is 4.74. The Balaban J connectivity index is 1.42. The van der Waals surface area contributed by atoms with Crippen molar-refractivity contribution in [1.82, 2.24) is 0 Å². The van der Waals surface area contributed by atoms with Gasteiger partial charge in [0.2, 0.25) is 0 Å². The molecule has 0 heterocycles. The molecule has 3 aromatic carbocycles. The van der Waals surface area contributed by atoms with Gasteiger partial charge in [0.1, 0.15) is 17.2 Å². The zero-order valence-corrected chi connectivity index (χ0v) is 19.0. The van der Waals surface area contributed by atoms with E-state index < -0.39 is 6.10 Å². The van der Waals surface area contributed by atoms with E-state index in [0.29, 0.717) is 26.1 Å². The van der Waals surface area contributed by atoms with E-state index in [1.54, 1.807) is 6.92 Å². The molecule has 0 radical (unpaired) electrons. The van der Waals surface area contributed by atoms with Gasteiger partial charge in [-0.25, -0.2) is 4.79 Å². The lowest BCUT2D eigenvalue weighted by Crippen LogP contribution is -2.27. The molecule has 0 unspecified atom stereocenters. The molecule has 1 atom stereocenters. The molecule has 0 aliphatic rings.